The molecule has 0 saturated heterocycles. The van der Waals surface area contributed by atoms with Crippen LogP contribution in [-0.2, 0) is 11.2 Å². The summed E-state index contributed by atoms with van der Waals surface area (Å²) in [6, 6.07) is 12.6. The van der Waals surface area contributed by atoms with Crippen LogP contribution in [0.25, 0.3) is 10.7 Å². The van der Waals surface area contributed by atoms with E-state index in [2.05, 4.69) is 15.3 Å². The van der Waals surface area contributed by atoms with Crippen molar-refractivity contribution in [1.29, 1.82) is 0 Å². The molecule has 120 valence electrons. The number of hydrogen-bond acceptors (Lipinski definition) is 5. The fraction of sp³-hybridized carbons (Fsp3) is 0.111. The third-order valence-corrected chi connectivity index (χ3v) is 4.27. The number of ketones is 1. The molecule has 0 unspecified atom stereocenters. The Bertz CT molecular complexity index is 875. The molecule has 6 heteroatoms. The molecule has 1 N–H and O–H groups in total. The van der Waals surface area contributed by atoms with Crippen LogP contribution in [0.2, 0.25) is 0 Å². The molecular weight excluding hydrogens is 322 g/mol. The number of hydrogen-bond donors (Lipinski definition) is 1. The summed E-state index contributed by atoms with van der Waals surface area (Å²) in [6.07, 6.45) is 1.86. The van der Waals surface area contributed by atoms with Gasteiger partial charge in [0.1, 0.15) is 5.01 Å². The highest BCUT2D eigenvalue weighted by molar-refractivity contribution is 7.13. The average molecular weight is 337 g/mol. The van der Waals surface area contributed by atoms with Crippen LogP contribution in [0.3, 0.4) is 0 Å². The van der Waals surface area contributed by atoms with Crippen molar-refractivity contribution < 1.29 is 9.59 Å². The topological polar surface area (TPSA) is 72.0 Å². The van der Waals surface area contributed by atoms with E-state index < -0.39 is 0 Å². The number of benzene rings is 1. The first kappa shape index (κ1) is 16.0. The second kappa shape index (κ2) is 7.14. The molecule has 0 bridgehead atoms. The maximum atomic E-state index is 12.2. The SMILES string of the molecule is CC(=O)c1ccccc1NC(=O)Cc1csc(-c2ccccn2)n1. The number of carbonyl (C=O) groups is 2. The van der Waals surface area contributed by atoms with Gasteiger partial charge in [0.25, 0.3) is 0 Å². The Morgan fingerprint density at radius 2 is 1.92 bits per heavy atom. The molecule has 3 rings (SSSR count). The summed E-state index contributed by atoms with van der Waals surface area (Å²) in [6.45, 7) is 1.48. The predicted molar refractivity (Wildman–Crippen MR) is 94.1 cm³/mol. The number of thiazole rings is 1. The maximum absolute atomic E-state index is 12.2. The number of nitrogens with one attached hydrogen (secondary N) is 1. The van der Waals surface area contributed by atoms with Gasteiger partial charge in [-0.25, -0.2) is 4.98 Å². The van der Waals surface area contributed by atoms with E-state index in [1.54, 1.807) is 30.5 Å². The molecule has 0 aliphatic rings. The minimum atomic E-state index is -0.207. The van der Waals surface area contributed by atoms with Crippen LogP contribution in [0.5, 0.6) is 0 Å². The van der Waals surface area contributed by atoms with Gasteiger partial charge in [-0.05, 0) is 31.2 Å². The molecule has 0 spiro atoms. The second-order valence-corrected chi connectivity index (χ2v) is 6.04. The largest absolute Gasteiger partial charge is 0.325 e. The summed E-state index contributed by atoms with van der Waals surface area (Å²) in [4.78, 5) is 32.5. The van der Waals surface area contributed by atoms with Crippen molar-refractivity contribution in [1.82, 2.24) is 9.97 Å². The van der Waals surface area contributed by atoms with Crippen molar-refractivity contribution in [3.05, 3.63) is 65.3 Å². The number of rotatable bonds is 5. The van der Waals surface area contributed by atoms with Crippen LogP contribution in [0, 0.1) is 0 Å². The van der Waals surface area contributed by atoms with Crippen LogP contribution in [0.4, 0.5) is 5.69 Å². The number of amides is 1. The fourth-order valence-corrected chi connectivity index (χ4v) is 3.05. The molecule has 24 heavy (non-hydrogen) atoms. The van der Waals surface area contributed by atoms with Crippen LogP contribution in [0.1, 0.15) is 23.0 Å². The van der Waals surface area contributed by atoms with Gasteiger partial charge in [-0.2, -0.15) is 0 Å². The van der Waals surface area contributed by atoms with Gasteiger partial charge in [-0.3, -0.25) is 14.6 Å². The lowest BCUT2D eigenvalue weighted by molar-refractivity contribution is -0.115. The van der Waals surface area contributed by atoms with Crippen LogP contribution in [0.15, 0.2) is 54.0 Å². The maximum Gasteiger partial charge on any atom is 0.230 e. The monoisotopic (exact) mass is 337 g/mol. The number of nitrogens with zero attached hydrogens (tertiary/aromatic N) is 2. The highest BCUT2D eigenvalue weighted by Crippen LogP contribution is 2.22. The van der Waals surface area contributed by atoms with Crippen molar-refractivity contribution in [2.24, 2.45) is 0 Å². The van der Waals surface area contributed by atoms with E-state index in [9.17, 15) is 9.59 Å². The number of Topliss-reactive ketones (excluding diaryl/α,β-unsaturated/α-hetero) is 1. The summed E-state index contributed by atoms with van der Waals surface area (Å²) in [5, 5.41) is 5.41. The van der Waals surface area contributed by atoms with Crippen molar-refractivity contribution in [2.45, 2.75) is 13.3 Å². The number of pyridine rings is 1. The smallest absolute Gasteiger partial charge is 0.230 e. The molecule has 1 amide bonds. The lowest BCUT2D eigenvalue weighted by Gasteiger charge is -2.08. The molecule has 2 heterocycles. The second-order valence-electron chi connectivity index (χ2n) is 5.19. The lowest BCUT2D eigenvalue weighted by Crippen LogP contribution is -2.16. The van der Waals surface area contributed by atoms with E-state index in [0.717, 1.165) is 10.7 Å². The van der Waals surface area contributed by atoms with Gasteiger partial charge in [0, 0.05) is 17.1 Å². The number of carbonyl (C=O) groups excluding carboxylic acids is 2. The van der Waals surface area contributed by atoms with Gasteiger partial charge in [-0.1, -0.05) is 18.2 Å². The Balaban J connectivity index is 1.70. The summed E-state index contributed by atoms with van der Waals surface area (Å²) in [7, 11) is 0. The lowest BCUT2D eigenvalue weighted by atomic mass is 10.1. The Morgan fingerprint density at radius 1 is 1.12 bits per heavy atom. The molecule has 0 radical (unpaired) electrons. The van der Waals surface area contributed by atoms with Gasteiger partial charge < -0.3 is 5.32 Å². The molecule has 0 aliphatic heterocycles. The van der Waals surface area contributed by atoms with E-state index >= 15 is 0 Å². The fourth-order valence-electron chi connectivity index (χ4n) is 2.25. The molecule has 5 nitrogen and oxygen atoms in total. The molecule has 2 aromatic heterocycles. The normalized spacial score (nSPS) is 10.4. The minimum absolute atomic E-state index is 0.0861. The van der Waals surface area contributed by atoms with Crippen molar-refractivity contribution in [3.63, 3.8) is 0 Å². The molecule has 3 aromatic rings. The first-order valence-electron chi connectivity index (χ1n) is 7.39. The molecule has 0 fully saturated rings. The summed E-state index contributed by atoms with van der Waals surface area (Å²) >= 11 is 1.45. The van der Waals surface area contributed by atoms with Crippen molar-refractivity contribution >= 4 is 28.7 Å². The van der Waals surface area contributed by atoms with Crippen LogP contribution >= 0.6 is 11.3 Å². The minimum Gasteiger partial charge on any atom is -0.325 e. The number of para-hydroxylation sites is 1. The Kier molecular flexibility index (Phi) is 4.77. The van der Waals surface area contributed by atoms with E-state index in [1.165, 1.54) is 18.3 Å². The van der Waals surface area contributed by atoms with Gasteiger partial charge >= 0.3 is 0 Å². The van der Waals surface area contributed by atoms with Crippen LogP contribution < -0.4 is 5.32 Å². The zero-order valence-corrected chi connectivity index (χ0v) is 13.8. The summed E-state index contributed by atoms with van der Waals surface area (Å²) in [5.74, 6) is -0.293. The quantitative estimate of drug-likeness (QED) is 0.722. The zero-order chi connectivity index (χ0) is 16.9. The molecule has 0 saturated carbocycles. The standard InChI is InChI=1S/C18H15N3O2S/c1-12(22)14-6-2-3-7-15(14)21-17(23)10-13-11-24-18(20-13)16-8-4-5-9-19-16/h2-9,11H,10H2,1H3,(H,21,23). The van der Waals surface area contributed by atoms with Gasteiger partial charge in [0.15, 0.2) is 5.78 Å². The summed E-state index contributed by atoms with van der Waals surface area (Å²) < 4.78 is 0. The Labute approximate surface area is 143 Å². The van der Waals surface area contributed by atoms with Gasteiger partial charge in [-0.15, -0.1) is 11.3 Å². The highest BCUT2D eigenvalue weighted by Gasteiger charge is 2.12. The first-order valence-corrected chi connectivity index (χ1v) is 8.27. The predicted octanol–water partition coefficient (Wildman–Crippen LogP) is 3.59. The van der Waals surface area contributed by atoms with Crippen molar-refractivity contribution in [3.8, 4) is 10.7 Å². The number of aromatic nitrogens is 2. The van der Waals surface area contributed by atoms with E-state index in [-0.39, 0.29) is 18.1 Å². The third-order valence-electron chi connectivity index (χ3n) is 3.36. The Morgan fingerprint density at radius 3 is 2.67 bits per heavy atom. The molecule has 1 aromatic carbocycles. The van der Waals surface area contributed by atoms with E-state index in [1.807, 2.05) is 23.6 Å². The van der Waals surface area contributed by atoms with Crippen molar-refractivity contribution in [2.75, 3.05) is 5.32 Å². The molecule has 0 atom stereocenters. The first-order chi connectivity index (χ1) is 11.6. The van der Waals surface area contributed by atoms with Gasteiger partial charge in [0.2, 0.25) is 5.91 Å². The van der Waals surface area contributed by atoms with E-state index in [4.69, 9.17) is 0 Å². The van der Waals surface area contributed by atoms with Crippen LogP contribution in [-0.4, -0.2) is 21.7 Å². The molecular formula is C18H15N3O2S. The number of anilines is 1. The van der Waals surface area contributed by atoms with E-state index in [0.29, 0.717) is 16.9 Å². The highest BCUT2D eigenvalue weighted by atomic mass is 32.1. The summed E-state index contributed by atoms with van der Waals surface area (Å²) in [5.41, 5.74) is 2.49. The Hall–Kier alpha value is -2.86. The third kappa shape index (κ3) is 3.72. The van der Waals surface area contributed by atoms with Gasteiger partial charge in [0.05, 0.1) is 23.5 Å². The average Bonchev–Trinajstić information content (AvgIpc) is 3.04. The zero-order valence-electron chi connectivity index (χ0n) is 13.0. The molecule has 0 aliphatic carbocycles.